The van der Waals surface area contributed by atoms with Gasteiger partial charge in [0.25, 0.3) is 0 Å². The van der Waals surface area contributed by atoms with Crippen molar-refractivity contribution in [1.82, 2.24) is 0 Å². The predicted octanol–water partition coefficient (Wildman–Crippen LogP) is 3.05. The molecular formula is C14H24O4S. The number of carbonyl (C=O) groups is 2. The Labute approximate surface area is 120 Å². The van der Waals surface area contributed by atoms with E-state index < -0.39 is 11.9 Å². The quantitative estimate of drug-likeness (QED) is 0.582. The summed E-state index contributed by atoms with van der Waals surface area (Å²) in [5.74, 6) is -1.41. The van der Waals surface area contributed by atoms with Crippen LogP contribution in [0.4, 0.5) is 0 Å². The number of thiol groups is 1. The minimum absolute atomic E-state index is 0.0391. The van der Waals surface area contributed by atoms with E-state index in [0.717, 1.165) is 32.1 Å². The van der Waals surface area contributed by atoms with Gasteiger partial charge in [0, 0.05) is 4.75 Å². The van der Waals surface area contributed by atoms with Crippen molar-refractivity contribution in [3.8, 4) is 0 Å². The van der Waals surface area contributed by atoms with Crippen LogP contribution in [0.2, 0.25) is 0 Å². The average Bonchev–Trinajstić information content (AvgIpc) is 2.31. The van der Waals surface area contributed by atoms with E-state index in [1.807, 2.05) is 0 Å². The van der Waals surface area contributed by atoms with E-state index in [0.29, 0.717) is 12.0 Å². The number of aliphatic carboxylic acids is 1. The number of rotatable bonds is 6. The van der Waals surface area contributed by atoms with E-state index in [4.69, 9.17) is 22.5 Å². The standard InChI is InChI=1S/C14H24O4S/c1-13(2)5-7-14(19,8-6-13)9-10-18-12(17)4-3-11(15)16/h19H,3-10H2,1-2H3,(H,15,16). The van der Waals surface area contributed by atoms with Crippen molar-refractivity contribution in [2.75, 3.05) is 6.61 Å². The third-order valence-corrected chi connectivity index (χ3v) is 4.58. The van der Waals surface area contributed by atoms with Gasteiger partial charge in [-0.3, -0.25) is 9.59 Å². The number of carbonyl (C=O) groups excluding carboxylic acids is 1. The zero-order valence-electron chi connectivity index (χ0n) is 11.8. The minimum Gasteiger partial charge on any atom is -0.481 e. The fraction of sp³-hybridized carbons (Fsp3) is 0.857. The first-order valence-corrected chi connectivity index (χ1v) is 7.27. The van der Waals surface area contributed by atoms with Crippen LogP contribution in [-0.2, 0) is 14.3 Å². The van der Waals surface area contributed by atoms with E-state index in [-0.39, 0.29) is 17.6 Å². The maximum absolute atomic E-state index is 11.3. The lowest BCUT2D eigenvalue weighted by molar-refractivity contribution is -0.148. The number of esters is 1. The molecule has 0 aromatic carbocycles. The highest BCUT2D eigenvalue weighted by Crippen LogP contribution is 2.44. The molecule has 0 bridgehead atoms. The van der Waals surface area contributed by atoms with Crippen molar-refractivity contribution in [3.05, 3.63) is 0 Å². The summed E-state index contributed by atoms with van der Waals surface area (Å²) in [6, 6.07) is 0. The van der Waals surface area contributed by atoms with Crippen molar-refractivity contribution in [1.29, 1.82) is 0 Å². The lowest BCUT2D eigenvalue weighted by atomic mass is 9.72. The lowest BCUT2D eigenvalue weighted by Gasteiger charge is -2.40. The van der Waals surface area contributed by atoms with Gasteiger partial charge in [0.15, 0.2) is 0 Å². The Morgan fingerprint density at radius 1 is 1.16 bits per heavy atom. The van der Waals surface area contributed by atoms with Gasteiger partial charge in [0.2, 0.25) is 0 Å². The summed E-state index contributed by atoms with van der Waals surface area (Å²) in [5.41, 5.74) is 0.393. The van der Waals surface area contributed by atoms with Crippen LogP contribution < -0.4 is 0 Å². The minimum atomic E-state index is -0.975. The maximum atomic E-state index is 11.3. The molecule has 1 fully saturated rings. The first-order chi connectivity index (χ1) is 8.72. The van der Waals surface area contributed by atoms with Gasteiger partial charge < -0.3 is 9.84 Å². The SMILES string of the molecule is CC1(C)CCC(S)(CCOC(=O)CCC(=O)O)CC1. The maximum Gasteiger partial charge on any atom is 0.306 e. The van der Waals surface area contributed by atoms with Crippen LogP contribution in [0.1, 0.15) is 58.8 Å². The monoisotopic (exact) mass is 288 g/mol. The first kappa shape index (κ1) is 16.3. The summed E-state index contributed by atoms with van der Waals surface area (Å²) in [5, 5.41) is 8.46. The molecule has 0 aromatic rings. The topological polar surface area (TPSA) is 63.6 Å². The van der Waals surface area contributed by atoms with Crippen LogP contribution in [0.5, 0.6) is 0 Å². The molecule has 0 saturated heterocycles. The predicted molar refractivity (Wildman–Crippen MR) is 76.4 cm³/mol. The second-order valence-corrected chi connectivity index (χ2v) is 7.20. The van der Waals surface area contributed by atoms with Gasteiger partial charge in [0.05, 0.1) is 19.4 Å². The van der Waals surface area contributed by atoms with Gasteiger partial charge in [-0.05, 0) is 37.5 Å². The van der Waals surface area contributed by atoms with E-state index >= 15 is 0 Å². The molecule has 1 saturated carbocycles. The molecule has 1 N–H and O–H groups in total. The molecule has 0 spiro atoms. The van der Waals surface area contributed by atoms with Crippen molar-refractivity contribution in [3.63, 3.8) is 0 Å². The summed E-state index contributed by atoms with van der Waals surface area (Å²) in [7, 11) is 0. The molecule has 0 unspecified atom stereocenters. The van der Waals surface area contributed by atoms with Gasteiger partial charge in [-0.2, -0.15) is 12.6 Å². The van der Waals surface area contributed by atoms with E-state index in [9.17, 15) is 9.59 Å². The highest BCUT2D eigenvalue weighted by atomic mass is 32.1. The molecule has 5 heteroatoms. The normalized spacial score (nSPS) is 20.8. The molecule has 0 amide bonds. The number of hydrogen-bond donors (Lipinski definition) is 2. The second-order valence-electron chi connectivity index (χ2n) is 6.25. The Bertz CT molecular complexity index is 328. The van der Waals surface area contributed by atoms with Gasteiger partial charge >= 0.3 is 11.9 Å². The zero-order valence-corrected chi connectivity index (χ0v) is 12.7. The lowest BCUT2D eigenvalue weighted by Crippen LogP contribution is -2.33. The molecule has 19 heavy (non-hydrogen) atoms. The molecule has 1 aliphatic rings. The smallest absolute Gasteiger partial charge is 0.306 e. The summed E-state index contributed by atoms with van der Waals surface area (Å²) in [4.78, 5) is 21.6. The van der Waals surface area contributed by atoms with E-state index in [2.05, 4.69) is 13.8 Å². The van der Waals surface area contributed by atoms with Crippen LogP contribution in [0, 0.1) is 5.41 Å². The molecule has 110 valence electrons. The molecule has 1 aliphatic carbocycles. The number of carboxylic acids is 1. The van der Waals surface area contributed by atoms with Crippen LogP contribution >= 0.6 is 12.6 Å². The van der Waals surface area contributed by atoms with Crippen molar-refractivity contribution < 1.29 is 19.4 Å². The Balaban J connectivity index is 2.22. The average molecular weight is 288 g/mol. The van der Waals surface area contributed by atoms with Crippen LogP contribution in [-0.4, -0.2) is 28.4 Å². The summed E-state index contributed by atoms with van der Waals surface area (Å²) in [6.07, 6.45) is 4.88. The molecule has 1 rings (SSSR count). The Morgan fingerprint density at radius 2 is 1.74 bits per heavy atom. The second kappa shape index (κ2) is 6.64. The van der Waals surface area contributed by atoms with Gasteiger partial charge in [-0.25, -0.2) is 0 Å². The van der Waals surface area contributed by atoms with Crippen LogP contribution in [0.25, 0.3) is 0 Å². The van der Waals surface area contributed by atoms with E-state index in [1.165, 1.54) is 0 Å². The molecule has 0 aliphatic heterocycles. The summed E-state index contributed by atoms with van der Waals surface area (Å²) < 4.78 is 5.02. The highest BCUT2D eigenvalue weighted by Gasteiger charge is 2.35. The number of hydrogen-bond acceptors (Lipinski definition) is 4. The first-order valence-electron chi connectivity index (χ1n) is 6.82. The summed E-state index contributed by atoms with van der Waals surface area (Å²) in [6.45, 7) is 4.88. The Hall–Kier alpha value is -0.710. The highest BCUT2D eigenvalue weighted by molar-refractivity contribution is 7.81. The molecular weight excluding hydrogens is 264 g/mol. The van der Waals surface area contributed by atoms with Crippen molar-refractivity contribution in [2.45, 2.75) is 63.5 Å². The number of ether oxygens (including phenoxy) is 1. The molecule has 0 aromatic heterocycles. The zero-order chi connectivity index (χ0) is 14.5. The largest absolute Gasteiger partial charge is 0.481 e. The van der Waals surface area contributed by atoms with Gasteiger partial charge in [-0.15, -0.1) is 0 Å². The third kappa shape index (κ3) is 6.32. The Kier molecular flexibility index (Phi) is 5.71. The third-order valence-electron chi connectivity index (χ3n) is 3.91. The fourth-order valence-corrected chi connectivity index (χ4v) is 2.59. The Morgan fingerprint density at radius 3 is 2.26 bits per heavy atom. The van der Waals surface area contributed by atoms with E-state index in [1.54, 1.807) is 0 Å². The van der Waals surface area contributed by atoms with Crippen molar-refractivity contribution >= 4 is 24.6 Å². The van der Waals surface area contributed by atoms with Crippen LogP contribution in [0.15, 0.2) is 0 Å². The van der Waals surface area contributed by atoms with Crippen molar-refractivity contribution in [2.24, 2.45) is 5.41 Å². The molecule has 0 radical (unpaired) electrons. The number of carboxylic acid groups (broad SMARTS) is 1. The van der Waals surface area contributed by atoms with Gasteiger partial charge in [-0.1, -0.05) is 13.8 Å². The fourth-order valence-electron chi connectivity index (χ4n) is 2.28. The summed E-state index contributed by atoms with van der Waals surface area (Å²) >= 11 is 4.73. The van der Waals surface area contributed by atoms with Crippen LogP contribution in [0.3, 0.4) is 0 Å². The molecule has 0 heterocycles. The van der Waals surface area contributed by atoms with Gasteiger partial charge in [0.1, 0.15) is 0 Å². The molecule has 4 nitrogen and oxygen atoms in total. The molecule has 0 atom stereocenters.